The Morgan fingerprint density at radius 3 is 2.60 bits per heavy atom. The highest BCUT2D eigenvalue weighted by molar-refractivity contribution is 5.91. The standard InChI is InChI=1S/C18H26N6O/c1-12-7-5-6-8-15(12)9-24-11-17(21-22-24)18(25)23(4)10-16-13(2)19-20-14(16)3/h5-8,11,13-14,16,19-20H,9-10H2,1-4H3. The predicted molar refractivity (Wildman–Crippen MR) is 95.9 cm³/mol. The van der Waals surface area contributed by atoms with Gasteiger partial charge in [-0.25, -0.2) is 4.68 Å². The first kappa shape index (κ1) is 17.6. The van der Waals surface area contributed by atoms with E-state index in [-0.39, 0.29) is 5.91 Å². The molecular formula is C18H26N6O. The fourth-order valence-electron chi connectivity index (χ4n) is 3.26. The molecular weight excluding hydrogens is 316 g/mol. The van der Waals surface area contributed by atoms with Crippen LogP contribution in [0.2, 0.25) is 0 Å². The maximum Gasteiger partial charge on any atom is 0.275 e. The molecule has 1 saturated heterocycles. The summed E-state index contributed by atoms with van der Waals surface area (Å²) in [7, 11) is 1.82. The van der Waals surface area contributed by atoms with Gasteiger partial charge in [0.25, 0.3) is 5.91 Å². The van der Waals surface area contributed by atoms with Gasteiger partial charge in [-0.2, -0.15) is 0 Å². The van der Waals surface area contributed by atoms with Crippen molar-refractivity contribution in [3.05, 3.63) is 47.3 Å². The number of nitrogens with zero attached hydrogens (tertiary/aromatic N) is 4. The van der Waals surface area contributed by atoms with Gasteiger partial charge < -0.3 is 4.90 Å². The number of nitrogens with one attached hydrogen (secondary N) is 2. The van der Waals surface area contributed by atoms with Gasteiger partial charge in [-0.15, -0.1) is 5.10 Å². The Hall–Kier alpha value is -2.25. The molecule has 1 amide bonds. The minimum Gasteiger partial charge on any atom is -0.340 e. The molecule has 2 unspecified atom stereocenters. The summed E-state index contributed by atoms with van der Waals surface area (Å²) in [5, 5.41) is 8.18. The number of hydrogen-bond donors (Lipinski definition) is 2. The second-order valence-electron chi connectivity index (χ2n) is 6.94. The average molecular weight is 342 g/mol. The molecule has 0 aliphatic carbocycles. The van der Waals surface area contributed by atoms with Crippen LogP contribution < -0.4 is 10.9 Å². The predicted octanol–water partition coefficient (Wildman–Crippen LogP) is 1.21. The molecule has 1 aliphatic rings. The third kappa shape index (κ3) is 3.88. The maximum absolute atomic E-state index is 12.6. The molecule has 1 aliphatic heterocycles. The van der Waals surface area contributed by atoms with Crippen molar-refractivity contribution in [3.8, 4) is 0 Å². The van der Waals surface area contributed by atoms with Crippen LogP contribution in [0.5, 0.6) is 0 Å². The van der Waals surface area contributed by atoms with Crippen LogP contribution in [0.4, 0.5) is 0 Å². The average Bonchev–Trinajstić information content (AvgIpc) is 3.18. The largest absolute Gasteiger partial charge is 0.340 e. The SMILES string of the molecule is Cc1ccccc1Cn1cc(C(=O)N(C)CC2C(C)NNC2C)nn1. The molecule has 3 rings (SSSR count). The van der Waals surface area contributed by atoms with E-state index in [1.165, 1.54) is 11.1 Å². The van der Waals surface area contributed by atoms with Crippen LogP contribution in [0.15, 0.2) is 30.5 Å². The first-order valence-corrected chi connectivity index (χ1v) is 8.67. The van der Waals surface area contributed by atoms with Crippen molar-refractivity contribution in [2.24, 2.45) is 5.92 Å². The summed E-state index contributed by atoms with van der Waals surface area (Å²) >= 11 is 0. The Labute approximate surface area is 148 Å². The van der Waals surface area contributed by atoms with E-state index in [0.29, 0.717) is 36.8 Å². The lowest BCUT2D eigenvalue weighted by atomic mass is 9.96. The van der Waals surface area contributed by atoms with Crippen LogP contribution >= 0.6 is 0 Å². The lowest BCUT2D eigenvalue weighted by Gasteiger charge is -2.24. The molecule has 1 aromatic heterocycles. The lowest BCUT2D eigenvalue weighted by molar-refractivity contribution is 0.0761. The summed E-state index contributed by atoms with van der Waals surface area (Å²) in [6.45, 7) is 7.60. The van der Waals surface area contributed by atoms with Crippen LogP contribution in [0, 0.1) is 12.8 Å². The summed E-state index contributed by atoms with van der Waals surface area (Å²) in [5.41, 5.74) is 9.20. The maximum atomic E-state index is 12.6. The summed E-state index contributed by atoms with van der Waals surface area (Å²) < 4.78 is 1.72. The smallest absolute Gasteiger partial charge is 0.275 e. The van der Waals surface area contributed by atoms with Crippen molar-refractivity contribution in [1.29, 1.82) is 0 Å². The quantitative estimate of drug-likeness (QED) is 0.854. The van der Waals surface area contributed by atoms with Gasteiger partial charge in [-0.1, -0.05) is 29.5 Å². The Balaban J connectivity index is 1.65. The van der Waals surface area contributed by atoms with E-state index in [9.17, 15) is 4.79 Å². The van der Waals surface area contributed by atoms with E-state index in [1.54, 1.807) is 15.8 Å². The highest BCUT2D eigenvalue weighted by Crippen LogP contribution is 2.16. The molecule has 1 aromatic carbocycles. The second-order valence-corrected chi connectivity index (χ2v) is 6.94. The zero-order valence-corrected chi connectivity index (χ0v) is 15.2. The second kappa shape index (κ2) is 7.33. The minimum atomic E-state index is -0.0951. The number of carbonyl (C=O) groups is 1. The zero-order chi connectivity index (χ0) is 18.0. The van der Waals surface area contributed by atoms with Crippen LogP contribution in [-0.2, 0) is 6.54 Å². The zero-order valence-electron chi connectivity index (χ0n) is 15.2. The van der Waals surface area contributed by atoms with Crippen LogP contribution in [-0.4, -0.2) is 51.5 Å². The molecule has 1 fully saturated rings. The van der Waals surface area contributed by atoms with Crippen molar-refractivity contribution in [3.63, 3.8) is 0 Å². The van der Waals surface area contributed by atoms with Gasteiger partial charge in [-0.3, -0.25) is 15.6 Å². The number of amides is 1. The van der Waals surface area contributed by atoms with Gasteiger partial charge >= 0.3 is 0 Å². The molecule has 7 nitrogen and oxygen atoms in total. The number of hydrazine groups is 1. The Bertz CT molecular complexity index is 733. The number of aryl methyl sites for hydroxylation is 1. The third-order valence-corrected chi connectivity index (χ3v) is 5.01. The van der Waals surface area contributed by atoms with E-state index >= 15 is 0 Å². The van der Waals surface area contributed by atoms with Gasteiger partial charge in [0.15, 0.2) is 5.69 Å². The minimum absolute atomic E-state index is 0.0951. The van der Waals surface area contributed by atoms with E-state index < -0.39 is 0 Å². The normalized spacial score (nSPS) is 23.0. The molecule has 25 heavy (non-hydrogen) atoms. The summed E-state index contributed by atoms with van der Waals surface area (Å²) in [6, 6.07) is 8.79. The van der Waals surface area contributed by atoms with Crippen LogP contribution in [0.3, 0.4) is 0 Å². The highest BCUT2D eigenvalue weighted by Gasteiger charge is 2.32. The molecule has 0 saturated carbocycles. The molecule has 0 spiro atoms. The number of hydrogen-bond acceptors (Lipinski definition) is 5. The van der Waals surface area contributed by atoms with E-state index in [4.69, 9.17) is 0 Å². The Morgan fingerprint density at radius 2 is 1.92 bits per heavy atom. The van der Waals surface area contributed by atoms with Crippen molar-refractivity contribution in [1.82, 2.24) is 30.7 Å². The van der Waals surface area contributed by atoms with Gasteiger partial charge in [0.05, 0.1) is 12.7 Å². The van der Waals surface area contributed by atoms with Crippen molar-refractivity contribution in [2.75, 3.05) is 13.6 Å². The molecule has 2 N–H and O–H groups in total. The van der Waals surface area contributed by atoms with E-state index in [2.05, 4.69) is 54.1 Å². The van der Waals surface area contributed by atoms with Crippen molar-refractivity contribution in [2.45, 2.75) is 39.4 Å². The van der Waals surface area contributed by atoms with E-state index in [0.717, 1.165) is 0 Å². The molecule has 2 aromatic rings. The Morgan fingerprint density at radius 1 is 1.24 bits per heavy atom. The number of rotatable bonds is 5. The summed E-state index contributed by atoms with van der Waals surface area (Å²) in [5.74, 6) is 0.262. The first-order chi connectivity index (χ1) is 12.0. The highest BCUT2D eigenvalue weighted by atomic mass is 16.2. The van der Waals surface area contributed by atoms with E-state index in [1.807, 2.05) is 19.2 Å². The molecule has 0 bridgehead atoms. The van der Waals surface area contributed by atoms with Gasteiger partial charge in [0.2, 0.25) is 0 Å². The van der Waals surface area contributed by atoms with Gasteiger partial charge in [0.1, 0.15) is 0 Å². The third-order valence-electron chi connectivity index (χ3n) is 5.01. The molecule has 2 atom stereocenters. The molecule has 7 heteroatoms. The van der Waals surface area contributed by atoms with Gasteiger partial charge in [-0.05, 0) is 31.9 Å². The Kier molecular flexibility index (Phi) is 5.15. The molecule has 134 valence electrons. The molecule has 2 heterocycles. The van der Waals surface area contributed by atoms with Crippen molar-refractivity contribution >= 4 is 5.91 Å². The van der Waals surface area contributed by atoms with Crippen molar-refractivity contribution < 1.29 is 4.79 Å². The number of aromatic nitrogens is 3. The monoisotopic (exact) mass is 342 g/mol. The number of carbonyl (C=O) groups excluding carboxylic acids is 1. The first-order valence-electron chi connectivity index (χ1n) is 8.67. The molecule has 0 radical (unpaired) electrons. The van der Waals surface area contributed by atoms with Gasteiger partial charge in [0, 0.05) is 31.6 Å². The lowest BCUT2D eigenvalue weighted by Crippen LogP contribution is -2.38. The fraction of sp³-hybridized carbons (Fsp3) is 0.500. The van der Waals surface area contributed by atoms with Crippen LogP contribution in [0.25, 0.3) is 0 Å². The topological polar surface area (TPSA) is 75.1 Å². The summed E-state index contributed by atoms with van der Waals surface area (Å²) in [6.07, 6.45) is 1.73. The van der Waals surface area contributed by atoms with Crippen LogP contribution in [0.1, 0.15) is 35.5 Å². The summed E-state index contributed by atoms with van der Waals surface area (Å²) in [4.78, 5) is 14.4. The number of benzene rings is 1. The fourth-order valence-corrected chi connectivity index (χ4v) is 3.26.